The number of piperidine rings is 1. The molecule has 3 rings (SSSR count). The molecule has 1 unspecified atom stereocenters. The number of imide groups is 1. The van der Waals surface area contributed by atoms with Crippen LogP contribution >= 0.6 is 0 Å². The van der Waals surface area contributed by atoms with Crippen LogP contribution in [0.3, 0.4) is 0 Å². The van der Waals surface area contributed by atoms with Gasteiger partial charge in [0.05, 0.1) is 0 Å². The van der Waals surface area contributed by atoms with Crippen molar-refractivity contribution >= 4 is 17.7 Å². The van der Waals surface area contributed by atoms with Gasteiger partial charge in [0.1, 0.15) is 6.04 Å². The van der Waals surface area contributed by atoms with E-state index in [1.807, 2.05) is 19.1 Å². The third-order valence-electron chi connectivity index (χ3n) is 4.46. The fraction of sp³-hybridized carbons (Fsp3) is 0.471. The molecule has 2 aliphatic rings. The molecule has 2 heterocycles. The minimum absolute atomic E-state index is 0.0587. The first-order valence-electron chi connectivity index (χ1n) is 8.19. The summed E-state index contributed by atoms with van der Waals surface area (Å²) in [7, 11) is 0. The fourth-order valence-corrected chi connectivity index (χ4v) is 3.25. The van der Waals surface area contributed by atoms with Crippen LogP contribution in [0.25, 0.3) is 0 Å². The normalized spacial score (nSPS) is 21.7. The second-order valence-electron chi connectivity index (χ2n) is 6.45. The van der Waals surface area contributed by atoms with Gasteiger partial charge in [-0.1, -0.05) is 12.1 Å². The van der Waals surface area contributed by atoms with Crippen LogP contribution < -0.4 is 16.4 Å². The van der Waals surface area contributed by atoms with Crippen molar-refractivity contribution in [1.29, 1.82) is 0 Å². The molecule has 128 valence electrons. The van der Waals surface area contributed by atoms with Gasteiger partial charge in [-0.3, -0.25) is 19.7 Å². The number of nitrogens with zero attached hydrogens (tertiary/aromatic N) is 1. The number of amides is 3. The van der Waals surface area contributed by atoms with Crippen LogP contribution in [0.15, 0.2) is 18.2 Å². The van der Waals surface area contributed by atoms with Gasteiger partial charge in [0.25, 0.3) is 5.91 Å². The highest BCUT2D eigenvalue weighted by atomic mass is 16.2. The summed E-state index contributed by atoms with van der Waals surface area (Å²) < 4.78 is 0. The zero-order valence-electron chi connectivity index (χ0n) is 13.7. The average molecular weight is 330 g/mol. The van der Waals surface area contributed by atoms with E-state index in [1.165, 1.54) is 0 Å². The van der Waals surface area contributed by atoms with Crippen LogP contribution in [-0.2, 0) is 22.7 Å². The first kappa shape index (κ1) is 16.6. The molecule has 0 aromatic heterocycles. The molecule has 3 amide bonds. The molecule has 0 spiro atoms. The second kappa shape index (κ2) is 6.70. The topological polar surface area (TPSA) is 105 Å². The van der Waals surface area contributed by atoms with E-state index in [1.54, 1.807) is 11.0 Å². The standard InChI is InChI=1S/C17H22N4O3/c1-10(18)7-19-8-11-3-2-4-12-13(11)9-21(17(12)24)14-5-6-15(22)20-16(14)23/h2-4,10,14,19H,5-9,18H2,1H3,(H,20,22,23)/t10-,14?/m0/s1. The van der Waals surface area contributed by atoms with Crippen LogP contribution in [0.5, 0.6) is 0 Å². The zero-order valence-corrected chi connectivity index (χ0v) is 13.7. The quantitative estimate of drug-likeness (QED) is 0.653. The highest BCUT2D eigenvalue weighted by Gasteiger charge is 2.39. The van der Waals surface area contributed by atoms with Gasteiger partial charge < -0.3 is 16.0 Å². The van der Waals surface area contributed by atoms with Crippen LogP contribution in [-0.4, -0.2) is 41.2 Å². The number of carbonyl (C=O) groups is 3. The Labute approximate surface area is 140 Å². The molecule has 0 aliphatic carbocycles. The summed E-state index contributed by atoms with van der Waals surface area (Å²) in [6.45, 7) is 3.64. The first-order valence-corrected chi connectivity index (χ1v) is 8.19. The van der Waals surface area contributed by atoms with Gasteiger partial charge in [-0.2, -0.15) is 0 Å². The number of carbonyl (C=O) groups excluding carboxylic acids is 3. The minimum Gasteiger partial charge on any atom is -0.327 e. The molecule has 2 aliphatic heterocycles. The number of hydrogen-bond acceptors (Lipinski definition) is 5. The van der Waals surface area contributed by atoms with Crippen LogP contribution in [0.1, 0.15) is 41.3 Å². The summed E-state index contributed by atoms with van der Waals surface area (Å²) in [6, 6.07) is 5.11. The maximum Gasteiger partial charge on any atom is 0.255 e. The summed E-state index contributed by atoms with van der Waals surface area (Å²) in [6.07, 6.45) is 0.641. The highest BCUT2D eigenvalue weighted by Crippen LogP contribution is 2.29. The van der Waals surface area contributed by atoms with Gasteiger partial charge in [-0.15, -0.1) is 0 Å². The van der Waals surface area contributed by atoms with E-state index in [0.29, 0.717) is 31.6 Å². The highest BCUT2D eigenvalue weighted by molar-refractivity contribution is 6.05. The molecular formula is C17H22N4O3. The largest absolute Gasteiger partial charge is 0.327 e. The van der Waals surface area contributed by atoms with E-state index in [-0.39, 0.29) is 30.2 Å². The number of rotatable bonds is 5. The smallest absolute Gasteiger partial charge is 0.255 e. The molecule has 0 bridgehead atoms. The monoisotopic (exact) mass is 330 g/mol. The van der Waals surface area contributed by atoms with Crippen molar-refractivity contribution in [3.63, 3.8) is 0 Å². The van der Waals surface area contributed by atoms with E-state index >= 15 is 0 Å². The summed E-state index contributed by atoms with van der Waals surface area (Å²) >= 11 is 0. The van der Waals surface area contributed by atoms with Crippen molar-refractivity contribution in [1.82, 2.24) is 15.5 Å². The zero-order chi connectivity index (χ0) is 17.3. The van der Waals surface area contributed by atoms with Gasteiger partial charge in [0.15, 0.2) is 0 Å². The molecule has 1 saturated heterocycles. The molecule has 7 nitrogen and oxygen atoms in total. The molecular weight excluding hydrogens is 308 g/mol. The number of nitrogens with one attached hydrogen (secondary N) is 2. The van der Waals surface area contributed by atoms with Crippen LogP contribution in [0.4, 0.5) is 0 Å². The van der Waals surface area contributed by atoms with Gasteiger partial charge in [0.2, 0.25) is 11.8 Å². The Morgan fingerprint density at radius 2 is 2.17 bits per heavy atom. The maximum absolute atomic E-state index is 12.7. The Kier molecular flexibility index (Phi) is 4.64. The number of nitrogens with two attached hydrogens (primary N) is 1. The minimum atomic E-state index is -0.576. The van der Waals surface area contributed by atoms with E-state index in [9.17, 15) is 14.4 Å². The van der Waals surface area contributed by atoms with Gasteiger partial charge >= 0.3 is 0 Å². The van der Waals surface area contributed by atoms with E-state index < -0.39 is 6.04 Å². The number of fused-ring (bicyclic) bond motifs is 1. The molecule has 1 aromatic carbocycles. The number of hydrogen-bond donors (Lipinski definition) is 3. The first-order chi connectivity index (χ1) is 11.5. The van der Waals surface area contributed by atoms with Crippen molar-refractivity contribution < 1.29 is 14.4 Å². The molecule has 2 atom stereocenters. The van der Waals surface area contributed by atoms with Crippen LogP contribution in [0.2, 0.25) is 0 Å². The average Bonchev–Trinajstić information content (AvgIpc) is 2.85. The third kappa shape index (κ3) is 3.18. The summed E-state index contributed by atoms with van der Waals surface area (Å²) in [5.74, 6) is -0.807. The second-order valence-corrected chi connectivity index (χ2v) is 6.45. The van der Waals surface area contributed by atoms with E-state index in [2.05, 4.69) is 10.6 Å². The predicted octanol–water partition coefficient (Wildman–Crippen LogP) is -0.116. The fourth-order valence-electron chi connectivity index (χ4n) is 3.25. The van der Waals surface area contributed by atoms with E-state index in [0.717, 1.165) is 11.1 Å². The summed E-state index contributed by atoms with van der Waals surface area (Å²) in [5.41, 5.74) is 8.37. The van der Waals surface area contributed by atoms with Crippen molar-refractivity contribution in [3.05, 3.63) is 34.9 Å². The molecule has 4 N–H and O–H groups in total. The van der Waals surface area contributed by atoms with Gasteiger partial charge in [-0.25, -0.2) is 0 Å². The molecule has 1 fully saturated rings. The third-order valence-corrected chi connectivity index (χ3v) is 4.46. The lowest BCUT2D eigenvalue weighted by atomic mass is 10.0. The molecule has 0 saturated carbocycles. The lowest BCUT2D eigenvalue weighted by Crippen LogP contribution is -2.52. The summed E-state index contributed by atoms with van der Waals surface area (Å²) in [4.78, 5) is 37.6. The Morgan fingerprint density at radius 1 is 1.38 bits per heavy atom. The van der Waals surface area contributed by atoms with Crippen molar-refractivity contribution in [2.75, 3.05) is 6.54 Å². The SMILES string of the molecule is C[C@H](N)CNCc1cccc2c1CN(C1CCC(=O)NC1=O)C2=O. The van der Waals surface area contributed by atoms with Crippen LogP contribution in [0, 0.1) is 0 Å². The molecule has 1 aromatic rings. The van der Waals surface area contributed by atoms with Crippen molar-refractivity contribution in [2.45, 2.75) is 44.9 Å². The lowest BCUT2D eigenvalue weighted by Gasteiger charge is -2.29. The van der Waals surface area contributed by atoms with Crippen molar-refractivity contribution in [3.8, 4) is 0 Å². The Bertz CT molecular complexity index is 686. The lowest BCUT2D eigenvalue weighted by molar-refractivity contribution is -0.136. The molecule has 0 radical (unpaired) electrons. The molecule has 24 heavy (non-hydrogen) atoms. The molecule has 7 heteroatoms. The van der Waals surface area contributed by atoms with Crippen molar-refractivity contribution in [2.24, 2.45) is 5.73 Å². The van der Waals surface area contributed by atoms with Gasteiger partial charge in [-0.05, 0) is 30.5 Å². The Morgan fingerprint density at radius 3 is 2.88 bits per heavy atom. The number of benzene rings is 1. The summed E-state index contributed by atoms with van der Waals surface area (Å²) in [5, 5.41) is 5.59. The van der Waals surface area contributed by atoms with E-state index in [4.69, 9.17) is 5.73 Å². The van der Waals surface area contributed by atoms with Gasteiger partial charge in [0, 0.05) is 37.7 Å². The maximum atomic E-state index is 12.7. The predicted molar refractivity (Wildman–Crippen MR) is 87.8 cm³/mol. The Balaban J connectivity index is 1.77. The Hall–Kier alpha value is -2.25.